The summed E-state index contributed by atoms with van der Waals surface area (Å²) in [5.74, 6) is -11.1. The van der Waals surface area contributed by atoms with Gasteiger partial charge in [-0.25, -0.2) is 4.39 Å². The van der Waals surface area contributed by atoms with E-state index in [-0.39, 0.29) is 6.42 Å². The largest absolute Gasteiger partial charge is 0.384 e. The van der Waals surface area contributed by atoms with Crippen LogP contribution in [-0.4, -0.2) is 18.0 Å². The fourth-order valence-electron chi connectivity index (χ4n) is 1.25. The van der Waals surface area contributed by atoms with Gasteiger partial charge in [0.15, 0.2) is 6.17 Å². The molecule has 0 nitrogen and oxygen atoms in total. The molecule has 0 aromatic rings. The van der Waals surface area contributed by atoms with Gasteiger partial charge < -0.3 is 0 Å². The zero-order valence-corrected chi connectivity index (χ0v) is 9.26. The van der Waals surface area contributed by atoms with Crippen molar-refractivity contribution in [2.45, 2.75) is 57.0 Å². The van der Waals surface area contributed by atoms with Crippen molar-refractivity contribution in [3.8, 4) is 0 Å². The minimum atomic E-state index is -5.71. The molecule has 0 fully saturated rings. The monoisotopic (exact) mass is 267 g/mol. The van der Waals surface area contributed by atoms with Crippen molar-refractivity contribution in [2.24, 2.45) is 0 Å². The van der Waals surface area contributed by atoms with E-state index < -0.39 is 30.9 Å². The van der Waals surface area contributed by atoms with Crippen LogP contribution in [0, 0.1) is 6.43 Å². The van der Waals surface area contributed by atoms with Crippen molar-refractivity contribution in [3.63, 3.8) is 0 Å². The molecule has 103 valence electrons. The first-order valence-electron chi connectivity index (χ1n) is 5.26. The standard InChI is InChI=1S/C10H14F7/c1-2-3-4-5-6-7(11)9(14,15)10(16,17)8(12)13/h7H,2-6H2,1H3. The predicted octanol–water partition coefficient (Wildman–Crippen LogP) is 4.99. The molecule has 0 aliphatic carbocycles. The van der Waals surface area contributed by atoms with Gasteiger partial charge in [-0.2, -0.15) is 26.3 Å². The summed E-state index contributed by atoms with van der Waals surface area (Å²) in [6, 6.07) is 0. The average molecular weight is 267 g/mol. The summed E-state index contributed by atoms with van der Waals surface area (Å²) in [5.41, 5.74) is 0. The van der Waals surface area contributed by atoms with Gasteiger partial charge in [0.25, 0.3) is 0 Å². The Labute approximate surface area is 95.2 Å². The second-order valence-corrected chi connectivity index (χ2v) is 3.77. The van der Waals surface area contributed by atoms with Crippen molar-refractivity contribution in [3.05, 3.63) is 6.43 Å². The van der Waals surface area contributed by atoms with Crippen LogP contribution in [0.3, 0.4) is 0 Å². The Morgan fingerprint density at radius 1 is 1.00 bits per heavy atom. The highest BCUT2D eigenvalue weighted by Gasteiger charge is 2.68. The van der Waals surface area contributed by atoms with Gasteiger partial charge in [-0.05, 0) is 6.42 Å². The summed E-state index contributed by atoms with van der Waals surface area (Å²) in [5, 5.41) is 0. The first-order chi connectivity index (χ1) is 7.67. The van der Waals surface area contributed by atoms with E-state index in [1.165, 1.54) is 0 Å². The van der Waals surface area contributed by atoms with E-state index in [4.69, 9.17) is 0 Å². The zero-order chi connectivity index (χ0) is 13.7. The molecule has 0 aliphatic heterocycles. The topological polar surface area (TPSA) is 0 Å². The smallest absolute Gasteiger partial charge is 0.241 e. The van der Waals surface area contributed by atoms with Crippen LogP contribution in [0.2, 0.25) is 0 Å². The number of unbranched alkanes of at least 4 members (excludes halogenated alkanes) is 3. The molecule has 0 amide bonds. The third kappa shape index (κ3) is 4.03. The second kappa shape index (κ2) is 6.44. The molecule has 1 unspecified atom stereocenters. The van der Waals surface area contributed by atoms with Crippen LogP contribution in [0.5, 0.6) is 0 Å². The lowest BCUT2D eigenvalue weighted by Gasteiger charge is -2.27. The van der Waals surface area contributed by atoms with E-state index in [0.29, 0.717) is 12.8 Å². The molecule has 0 aromatic heterocycles. The molecule has 0 aliphatic rings. The Hall–Kier alpha value is -0.490. The molecule has 1 atom stereocenters. The van der Waals surface area contributed by atoms with Gasteiger partial charge in [0, 0.05) is 0 Å². The maximum atomic E-state index is 12.9. The molecular weight excluding hydrogens is 253 g/mol. The van der Waals surface area contributed by atoms with Gasteiger partial charge in [0.2, 0.25) is 0 Å². The zero-order valence-electron chi connectivity index (χ0n) is 9.26. The highest BCUT2D eigenvalue weighted by molar-refractivity contribution is 5.00. The van der Waals surface area contributed by atoms with E-state index in [1.807, 2.05) is 6.92 Å². The number of halogens is 7. The van der Waals surface area contributed by atoms with Crippen molar-refractivity contribution < 1.29 is 30.7 Å². The Balaban J connectivity index is 4.38. The molecular formula is C10H14F7. The molecule has 0 saturated carbocycles. The predicted molar refractivity (Wildman–Crippen MR) is 49.0 cm³/mol. The van der Waals surface area contributed by atoms with Crippen LogP contribution < -0.4 is 0 Å². The lowest BCUT2D eigenvalue weighted by molar-refractivity contribution is -0.255. The minimum Gasteiger partial charge on any atom is -0.241 e. The molecule has 1 radical (unpaired) electrons. The summed E-state index contributed by atoms with van der Waals surface area (Å²) in [6.07, 6.45) is -6.10. The van der Waals surface area contributed by atoms with Gasteiger partial charge in [-0.1, -0.05) is 32.6 Å². The third-order valence-electron chi connectivity index (χ3n) is 2.36. The lowest BCUT2D eigenvalue weighted by atomic mass is 10.0. The van der Waals surface area contributed by atoms with Crippen LogP contribution in [0.4, 0.5) is 30.7 Å². The van der Waals surface area contributed by atoms with Crippen molar-refractivity contribution >= 4 is 0 Å². The van der Waals surface area contributed by atoms with Crippen LogP contribution in [-0.2, 0) is 0 Å². The first kappa shape index (κ1) is 16.5. The fraction of sp³-hybridized carbons (Fsp3) is 0.900. The summed E-state index contributed by atoms with van der Waals surface area (Å²) < 4.78 is 86.4. The van der Waals surface area contributed by atoms with Crippen LogP contribution in [0.1, 0.15) is 39.0 Å². The first-order valence-corrected chi connectivity index (χ1v) is 5.26. The average Bonchev–Trinajstić information content (AvgIpc) is 2.23. The SMILES string of the molecule is CCCCCCC(F)C(F)(F)C(F)(F)[C](F)F. The second-order valence-electron chi connectivity index (χ2n) is 3.77. The van der Waals surface area contributed by atoms with E-state index in [9.17, 15) is 30.7 Å². The summed E-state index contributed by atoms with van der Waals surface area (Å²) in [4.78, 5) is 0. The Bertz CT molecular complexity index is 215. The fourth-order valence-corrected chi connectivity index (χ4v) is 1.25. The molecule has 0 spiro atoms. The van der Waals surface area contributed by atoms with Gasteiger partial charge in [-0.3, -0.25) is 0 Å². The molecule has 0 N–H and O–H groups in total. The van der Waals surface area contributed by atoms with Crippen LogP contribution >= 0.6 is 0 Å². The molecule has 0 aromatic carbocycles. The molecule has 0 bridgehead atoms. The third-order valence-corrected chi connectivity index (χ3v) is 2.36. The highest BCUT2D eigenvalue weighted by atomic mass is 19.3. The quantitative estimate of drug-likeness (QED) is 0.429. The van der Waals surface area contributed by atoms with E-state index in [2.05, 4.69) is 0 Å². The Morgan fingerprint density at radius 3 is 1.94 bits per heavy atom. The summed E-state index contributed by atoms with van der Waals surface area (Å²) >= 11 is 0. The number of alkyl halides is 5. The van der Waals surface area contributed by atoms with Gasteiger partial charge in [-0.15, -0.1) is 0 Å². The van der Waals surface area contributed by atoms with Gasteiger partial charge >= 0.3 is 18.3 Å². The van der Waals surface area contributed by atoms with E-state index >= 15 is 0 Å². The highest BCUT2D eigenvalue weighted by Crippen LogP contribution is 2.46. The van der Waals surface area contributed by atoms with Crippen molar-refractivity contribution in [2.75, 3.05) is 0 Å². The maximum absolute atomic E-state index is 12.9. The minimum absolute atomic E-state index is 0.0332. The Kier molecular flexibility index (Phi) is 6.26. The van der Waals surface area contributed by atoms with E-state index in [1.54, 1.807) is 0 Å². The molecule has 0 heterocycles. The number of hydrogen-bond donors (Lipinski definition) is 0. The number of rotatable bonds is 8. The van der Waals surface area contributed by atoms with Crippen LogP contribution in [0.25, 0.3) is 0 Å². The molecule has 0 saturated heterocycles. The number of hydrogen-bond acceptors (Lipinski definition) is 0. The van der Waals surface area contributed by atoms with Crippen LogP contribution in [0.15, 0.2) is 0 Å². The Morgan fingerprint density at radius 2 is 1.53 bits per heavy atom. The van der Waals surface area contributed by atoms with Gasteiger partial charge in [0.1, 0.15) is 0 Å². The molecule has 7 heteroatoms. The summed E-state index contributed by atoms with van der Waals surface area (Å²) in [6.45, 7) is 1.82. The van der Waals surface area contributed by atoms with Crippen molar-refractivity contribution in [1.29, 1.82) is 0 Å². The normalized spacial score (nSPS) is 15.4. The summed E-state index contributed by atoms with van der Waals surface area (Å²) in [7, 11) is 0. The maximum Gasteiger partial charge on any atom is 0.384 e. The molecule has 17 heavy (non-hydrogen) atoms. The van der Waals surface area contributed by atoms with Crippen molar-refractivity contribution in [1.82, 2.24) is 0 Å². The van der Waals surface area contributed by atoms with E-state index in [0.717, 1.165) is 6.42 Å². The van der Waals surface area contributed by atoms with Gasteiger partial charge in [0.05, 0.1) is 0 Å². The molecule has 0 rings (SSSR count). The lowest BCUT2D eigenvalue weighted by Crippen LogP contribution is -2.49.